The number of aromatic nitrogens is 1. The summed E-state index contributed by atoms with van der Waals surface area (Å²) in [6.07, 6.45) is 1.55. The van der Waals surface area contributed by atoms with Gasteiger partial charge in [0.1, 0.15) is 0 Å². The third-order valence-corrected chi connectivity index (χ3v) is 2.43. The van der Waals surface area contributed by atoms with E-state index in [1.807, 2.05) is 0 Å². The van der Waals surface area contributed by atoms with Gasteiger partial charge in [0.2, 0.25) is 0 Å². The Balaban J connectivity index is 2.64. The zero-order valence-electron chi connectivity index (χ0n) is 8.91. The van der Waals surface area contributed by atoms with Gasteiger partial charge in [-0.05, 0) is 12.1 Å². The lowest BCUT2D eigenvalue weighted by molar-refractivity contribution is -0.384. The van der Waals surface area contributed by atoms with Crippen molar-refractivity contribution in [3.63, 3.8) is 0 Å². The van der Waals surface area contributed by atoms with Crippen molar-refractivity contribution >= 4 is 5.69 Å². The predicted molar refractivity (Wildman–Crippen MR) is 62.3 cm³/mol. The molecular weight excluding hydrogens is 220 g/mol. The molecule has 0 bridgehead atoms. The van der Waals surface area contributed by atoms with Gasteiger partial charge in [0, 0.05) is 17.8 Å². The fraction of sp³-hybridized carbons (Fsp3) is 0.0833. The Morgan fingerprint density at radius 3 is 2.59 bits per heavy atom. The number of hydrogen-bond acceptors (Lipinski definition) is 4. The van der Waals surface area contributed by atoms with E-state index < -0.39 is 4.92 Å². The zero-order valence-corrected chi connectivity index (χ0v) is 8.91. The average Bonchev–Trinajstić information content (AvgIpc) is 2.38. The molecule has 0 saturated heterocycles. The number of para-hydroxylation sites is 1. The summed E-state index contributed by atoms with van der Waals surface area (Å²) in [5.74, 6) is 0. The standard InChI is InChI=1S/C12H10N2O3/c15-8-11-9(5-3-7-13-11)10-4-1-2-6-12(10)14(16)17/h1-7,15H,8H2. The molecule has 5 heteroatoms. The molecule has 0 aliphatic heterocycles. The summed E-state index contributed by atoms with van der Waals surface area (Å²) < 4.78 is 0. The van der Waals surface area contributed by atoms with E-state index in [2.05, 4.69) is 4.98 Å². The molecule has 0 aliphatic carbocycles. The van der Waals surface area contributed by atoms with Gasteiger partial charge in [0.05, 0.1) is 22.8 Å². The van der Waals surface area contributed by atoms with Gasteiger partial charge in [-0.3, -0.25) is 15.1 Å². The minimum atomic E-state index is -0.441. The largest absolute Gasteiger partial charge is 0.390 e. The van der Waals surface area contributed by atoms with E-state index in [4.69, 9.17) is 0 Å². The molecule has 17 heavy (non-hydrogen) atoms. The normalized spacial score (nSPS) is 10.2. The van der Waals surface area contributed by atoms with Gasteiger partial charge in [-0.2, -0.15) is 0 Å². The third kappa shape index (κ3) is 2.14. The van der Waals surface area contributed by atoms with Crippen molar-refractivity contribution in [3.8, 4) is 11.1 Å². The van der Waals surface area contributed by atoms with Crippen LogP contribution in [0.25, 0.3) is 11.1 Å². The lowest BCUT2D eigenvalue weighted by Crippen LogP contribution is -1.96. The van der Waals surface area contributed by atoms with Crippen LogP contribution in [0.3, 0.4) is 0 Å². The van der Waals surface area contributed by atoms with E-state index in [0.29, 0.717) is 16.8 Å². The Bertz CT molecular complexity index is 555. The van der Waals surface area contributed by atoms with E-state index in [1.54, 1.807) is 36.5 Å². The van der Waals surface area contributed by atoms with Crippen molar-refractivity contribution in [2.45, 2.75) is 6.61 Å². The van der Waals surface area contributed by atoms with Crippen LogP contribution in [0.5, 0.6) is 0 Å². The summed E-state index contributed by atoms with van der Waals surface area (Å²) in [6.45, 7) is -0.248. The summed E-state index contributed by atoms with van der Waals surface area (Å²) in [7, 11) is 0. The summed E-state index contributed by atoms with van der Waals surface area (Å²) in [4.78, 5) is 14.5. The molecular formula is C12H10N2O3. The molecule has 0 spiro atoms. The third-order valence-electron chi connectivity index (χ3n) is 2.43. The topological polar surface area (TPSA) is 76.3 Å². The van der Waals surface area contributed by atoms with Gasteiger partial charge in [-0.25, -0.2) is 0 Å². The molecule has 0 fully saturated rings. The molecule has 86 valence electrons. The molecule has 0 aliphatic rings. The zero-order chi connectivity index (χ0) is 12.3. The van der Waals surface area contributed by atoms with Crippen LogP contribution in [0.1, 0.15) is 5.69 Å². The van der Waals surface area contributed by atoms with E-state index in [0.717, 1.165) is 0 Å². The van der Waals surface area contributed by atoms with Crippen LogP contribution < -0.4 is 0 Å². The maximum absolute atomic E-state index is 10.9. The molecule has 0 unspecified atom stereocenters. The van der Waals surface area contributed by atoms with E-state index in [9.17, 15) is 15.2 Å². The first-order valence-corrected chi connectivity index (χ1v) is 5.02. The first kappa shape index (κ1) is 11.2. The van der Waals surface area contributed by atoms with Crippen LogP contribution in [-0.4, -0.2) is 15.0 Å². The van der Waals surface area contributed by atoms with Crippen LogP contribution in [0.15, 0.2) is 42.6 Å². The highest BCUT2D eigenvalue weighted by Gasteiger charge is 2.16. The van der Waals surface area contributed by atoms with Gasteiger partial charge >= 0.3 is 0 Å². The molecule has 0 atom stereocenters. The molecule has 1 heterocycles. The second-order valence-electron chi connectivity index (χ2n) is 3.43. The van der Waals surface area contributed by atoms with E-state index >= 15 is 0 Å². The molecule has 1 N–H and O–H groups in total. The molecule has 1 aromatic heterocycles. The SMILES string of the molecule is O=[N+]([O-])c1ccccc1-c1cccnc1CO. The fourth-order valence-corrected chi connectivity index (χ4v) is 1.67. The Labute approximate surface area is 97.5 Å². The Hall–Kier alpha value is -2.27. The van der Waals surface area contributed by atoms with Crippen molar-refractivity contribution < 1.29 is 10.0 Å². The van der Waals surface area contributed by atoms with Gasteiger partial charge in [-0.1, -0.05) is 18.2 Å². The molecule has 0 saturated carbocycles. The fourth-order valence-electron chi connectivity index (χ4n) is 1.67. The second kappa shape index (κ2) is 4.71. The lowest BCUT2D eigenvalue weighted by atomic mass is 10.0. The summed E-state index contributed by atoms with van der Waals surface area (Å²) >= 11 is 0. The van der Waals surface area contributed by atoms with Crippen molar-refractivity contribution in [2.24, 2.45) is 0 Å². The van der Waals surface area contributed by atoms with Crippen LogP contribution >= 0.6 is 0 Å². The Kier molecular flexibility index (Phi) is 3.11. The average molecular weight is 230 g/mol. The number of hydrogen-bond donors (Lipinski definition) is 1. The summed E-state index contributed by atoms with van der Waals surface area (Å²) in [5, 5.41) is 20.1. The van der Waals surface area contributed by atoms with Gasteiger partial charge in [0.25, 0.3) is 5.69 Å². The van der Waals surface area contributed by atoms with Gasteiger partial charge < -0.3 is 5.11 Å². The second-order valence-corrected chi connectivity index (χ2v) is 3.43. The number of nitro groups is 1. The summed E-state index contributed by atoms with van der Waals surface area (Å²) in [6, 6.07) is 9.80. The maximum atomic E-state index is 10.9. The predicted octanol–water partition coefficient (Wildman–Crippen LogP) is 2.15. The van der Waals surface area contributed by atoms with Crippen LogP contribution in [-0.2, 0) is 6.61 Å². The minimum Gasteiger partial charge on any atom is -0.390 e. The van der Waals surface area contributed by atoms with E-state index in [1.165, 1.54) is 6.07 Å². The van der Waals surface area contributed by atoms with Crippen molar-refractivity contribution in [3.05, 3.63) is 58.4 Å². The Morgan fingerprint density at radius 2 is 1.88 bits per heavy atom. The molecule has 1 aromatic carbocycles. The first-order chi connectivity index (χ1) is 8.24. The van der Waals surface area contributed by atoms with Crippen LogP contribution in [0.2, 0.25) is 0 Å². The maximum Gasteiger partial charge on any atom is 0.277 e. The first-order valence-electron chi connectivity index (χ1n) is 5.02. The number of pyridine rings is 1. The summed E-state index contributed by atoms with van der Waals surface area (Å²) in [5.41, 5.74) is 1.49. The van der Waals surface area contributed by atoms with Gasteiger partial charge in [-0.15, -0.1) is 0 Å². The number of nitro benzene ring substituents is 1. The smallest absolute Gasteiger partial charge is 0.277 e. The number of aliphatic hydroxyl groups excluding tert-OH is 1. The number of aliphatic hydroxyl groups is 1. The number of nitrogens with zero attached hydrogens (tertiary/aromatic N) is 2. The van der Waals surface area contributed by atoms with Crippen molar-refractivity contribution in [1.82, 2.24) is 4.98 Å². The van der Waals surface area contributed by atoms with Gasteiger partial charge in [0.15, 0.2) is 0 Å². The highest BCUT2D eigenvalue weighted by Crippen LogP contribution is 2.30. The molecule has 2 rings (SSSR count). The van der Waals surface area contributed by atoms with E-state index in [-0.39, 0.29) is 12.3 Å². The molecule has 0 amide bonds. The quantitative estimate of drug-likeness (QED) is 0.647. The molecule has 0 radical (unpaired) electrons. The Morgan fingerprint density at radius 1 is 1.18 bits per heavy atom. The highest BCUT2D eigenvalue weighted by molar-refractivity contribution is 5.74. The number of rotatable bonds is 3. The van der Waals surface area contributed by atoms with Crippen LogP contribution in [0, 0.1) is 10.1 Å². The van der Waals surface area contributed by atoms with Crippen molar-refractivity contribution in [2.75, 3.05) is 0 Å². The lowest BCUT2D eigenvalue weighted by Gasteiger charge is -2.06. The molecule has 2 aromatic rings. The minimum absolute atomic E-state index is 0.00944. The van der Waals surface area contributed by atoms with Crippen LogP contribution in [0.4, 0.5) is 5.69 Å². The monoisotopic (exact) mass is 230 g/mol. The molecule has 5 nitrogen and oxygen atoms in total. The highest BCUT2D eigenvalue weighted by atomic mass is 16.6. The number of benzene rings is 1. The van der Waals surface area contributed by atoms with Crippen molar-refractivity contribution in [1.29, 1.82) is 0 Å².